The molecule has 3 aromatic rings. The highest BCUT2D eigenvalue weighted by molar-refractivity contribution is 5.94. The normalized spacial score (nSPS) is 11.2. The Kier molecular flexibility index (Phi) is 4.65. The number of carbonyl (C=O) groups is 1. The third-order valence-electron chi connectivity index (χ3n) is 4.28. The maximum Gasteiger partial charge on any atom is 0.253 e. The molecule has 0 aliphatic heterocycles. The van der Waals surface area contributed by atoms with E-state index in [-0.39, 0.29) is 5.91 Å². The third kappa shape index (κ3) is 3.45. The number of anilines is 1. The zero-order chi connectivity index (χ0) is 18.0. The molecule has 3 rings (SSSR count). The van der Waals surface area contributed by atoms with Crippen LogP contribution < -0.4 is 5.73 Å². The van der Waals surface area contributed by atoms with E-state index in [0.717, 1.165) is 0 Å². The molecule has 0 saturated heterocycles. The zero-order valence-electron chi connectivity index (χ0n) is 14.7. The summed E-state index contributed by atoms with van der Waals surface area (Å²) in [4.78, 5) is 26.6. The van der Waals surface area contributed by atoms with Crippen molar-refractivity contribution in [3.8, 4) is 0 Å². The molecule has 130 valence electrons. The number of nitrogens with zero attached hydrogens (tertiary/aromatic N) is 5. The molecule has 7 heteroatoms. The first-order chi connectivity index (χ1) is 12.0. The van der Waals surface area contributed by atoms with Gasteiger partial charge in [-0.05, 0) is 23.6 Å². The Labute approximate surface area is 146 Å². The van der Waals surface area contributed by atoms with E-state index in [1.165, 1.54) is 11.9 Å². The van der Waals surface area contributed by atoms with Gasteiger partial charge in [-0.3, -0.25) is 4.79 Å². The van der Waals surface area contributed by atoms with Crippen LogP contribution in [0.2, 0.25) is 0 Å². The molecule has 1 amide bonds. The summed E-state index contributed by atoms with van der Waals surface area (Å²) in [5.74, 6) is 0.804. The highest BCUT2D eigenvalue weighted by Crippen LogP contribution is 2.16. The minimum absolute atomic E-state index is 0.00568. The zero-order valence-corrected chi connectivity index (χ0v) is 14.7. The van der Waals surface area contributed by atoms with Crippen LogP contribution >= 0.6 is 0 Å². The van der Waals surface area contributed by atoms with Gasteiger partial charge in [0.1, 0.15) is 11.8 Å². The van der Waals surface area contributed by atoms with Gasteiger partial charge in [0.2, 0.25) is 0 Å². The van der Waals surface area contributed by atoms with E-state index in [1.54, 1.807) is 18.3 Å². The Morgan fingerprint density at radius 2 is 1.92 bits per heavy atom. The Hall–Kier alpha value is -2.96. The number of rotatable bonds is 5. The third-order valence-corrected chi connectivity index (χ3v) is 4.28. The molecule has 0 radical (unpaired) electrons. The summed E-state index contributed by atoms with van der Waals surface area (Å²) in [6.45, 7) is 5.39. The molecule has 0 fully saturated rings. The van der Waals surface area contributed by atoms with Crippen LogP contribution in [-0.2, 0) is 6.54 Å². The number of hydrogen-bond donors (Lipinski definition) is 1. The van der Waals surface area contributed by atoms with Crippen molar-refractivity contribution >= 4 is 22.9 Å². The van der Waals surface area contributed by atoms with Crippen LogP contribution in [0.15, 0.2) is 36.9 Å². The average molecular weight is 338 g/mol. The Morgan fingerprint density at radius 1 is 1.20 bits per heavy atom. The van der Waals surface area contributed by atoms with Crippen LogP contribution in [0.5, 0.6) is 0 Å². The number of benzene rings is 1. The number of likely N-dealkylation sites (N-methyl/N-ethyl adjacent to an activating group) is 1. The van der Waals surface area contributed by atoms with Gasteiger partial charge in [-0.1, -0.05) is 26.0 Å². The Morgan fingerprint density at radius 3 is 2.60 bits per heavy atom. The van der Waals surface area contributed by atoms with Crippen LogP contribution in [0, 0.1) is 0 Å². The van der Waals surface area contributed by atoms with E-state index in [1.807, 2.05) is 28.8 Å². The number of imidazole rings is 1. The first kappa shape index (κ1) is 16.9. The van der Waals surface area contributed by atoms with E-state index < -0.39 is 0 Å². The molecule has 0 atom stereocenters. The minimum atomic E-state index is -0.00568. The van der Waals surface area contributed by atoms with Crippen molar-refractivity contribution in [2.45, 2.75) is 26.3 Å². The van der Waals surface area contributed by atoms with Gasteiger partial charge in [0.05, 0.1) is 6.33 Å². The largest absolute Gasteiger partial charge is 0.382 e. The van der Waals surface area contributed by atoms with Crippen LogP contribution in [0.1, 0.15) is 35.7 Å². The number of nitrogen functional groups attached to an aromatic ring is 1. The highest BCUT2D eigenvalue weighted by Gasteiger charge is 2.13. The van der Waals surface area contributed by atoms with Crippen LogP contribution in [0.25, 0.3) is 11.2 Å². The van der Waals surface area contributed by atoms with E-state index >= 15 is 0 Å². The number of nitrogens with two attached hydrogens (primary N) is 1. The summed E-state index contributed by atoms with van der Waals surface area (Å²) >= 11 is 0. The summed E-state index contributed by atoms with van der Waals surface area (Å²) in [6, 6.07) is 7.78. The van der Waals surface area contributed by atoms with Crippen molar-refractivity contribution in [2.24, 2.45) is 0 Å². The molecular weight excluding hydrogens is 316 g/mol. The number of fused-ring (bicyclic) bond motifs is 1. The van der Waals surface area contributed by atoms with Crippen molar-refractivity contribution in [2.75, 3.05) is 19.3 Å². The smallest absolute Gasteiger partial charge is 0.253 e. The molecule has 0 spiro atoms. The molecule has 0 bridgehead atoms. The van der Waals surface area contributed by atoms with Gasteiger partial charge >= 0.3 is 0 Å². The van der Waals surface area contributed by atoms with Crippen LogP contribution in [0.3, 0.4) is 0 Å². The molecule has 2 heterocycles. The van der Waals surface area contributed by atoms with Crippen molar-refractivity contribution in [1.29, 1.82) is 0 Å². The second kappa shape index (κ2) is 6.88. The van der Waals surface area contributed by atoms with E-state index in [9.17, 15) is 4.79 Å². The van der Waals surface area contributed by atoms with Gasteiger partial charge in [0, 0.05) is 25.7 Å². The molecule has 0 saturated carbocycles. The average Bonchev–Trinajstić information content (AvgIpc) is 3.03. The first-order valence-electron chi connectivity index (χ1n) is 8.24. The topological polar surface area (TPSA) is 89.9 Å². The van der Waals surface area contributed by atoms with E-state index in [4.69, 9.17) is 5.73 Å². The lowest BCUT2D eigenvalue weighted by atomic mass is 10.0. The standard InChI is InChI=1S/C18H22N6O/c1-12(2)13-4-6-14(7-5-13)18(25)23(3)8-9-24-11-22-15-16(19)20-10-21-17(15)24/h4-7,10-12H,8-9H2,1-3H3,(H2,19,20,21). The van der Waals surface area contributed by atoms with Crippen molar-refractivity contribution < 1.29 is 4.79 Å². The number of hydrogen-bond acceptors (Lipinski definition) is 5. The number of carbonyl (C=O) groups excluding carboxylic acids is 1. The van der Waals surface area contributed by atoms with Gasteiger partial charge in [-0.25, -0.2) is 15.0 Å². The minimum Gasteiger partial charge on any atom is -0.382 e. The molecule has 0 unspecified atom stereocenters. The molecule has 2 N–H and O–H groups in total. The lowest BCUT2D eigenvalue weighted by Gasteiger charge is -2.18. The molecule has 7 nitrogen and oxygen atoms in total. The SMILES string of the molecule is CC(C)c1ccc(C(=O)N(C)CCn2cnc3c(N)ncnc32)cc1. The van der Waals surface area contributed by atoms with Gasteiger partial charge in [0.15, 0.2) is 11.5 Å². The highest BCUT2D eigenvalue weighted by atomic mass is 16.2. The lowest BCUT2D eigenvalue weighted by Crippen LogP contribution is -2.30. The number of aromatic nitrogens is 4. The van der Waals surface area contributed by atoms with Crippen LogP contribution in [-0.4, -0.2) is 43.9 Å². The molecule has 0 aliphatic carbocycles. The van der Waals surface area contributed by atoms with E-state index in [0.29, 0.717) is 41.6 Å². The maximum atomic E-state index is 12.6. The van der Waals surface area contributed by atoms with Gasteiger partial charge in [-0.15, -0.1) is 0 Å². The lowest BCUT2D eigenvalue weighted by molar-refractivity contribution is 0.0790. The molecule has 1 aromatic carbocycles. The van der Waals surface area contributed by atoms with Crippen molar-refractivity contribution in [3.05, 3.63) is 48.0 Å². The van der Waals surface area contributed by atoms with Crippen molar-refractivity contribution in [3.63, 3.8) is 0 Å². The number of amides is 1. The van der Waals surface area contributed by atoms with Gasteiger partial charge in [-0.2, -0.15) is 0 Å². The van der Waals surface area contributed by atoms with Gasteiger partial charge < -0.3 is 15.2 Å². The van der Waals surface area contributed by atoms with Gasteiger partial charge in [0.25, 0.3) is 5.91 Å². The monoisotopic (exact) mass is 338 g/mol. The second-order valence-corrected chi connectivity index (χ2v) is 6.37. The summed E-state index contributed by atoms with van der Waals surface area (Å²) in [5, 5.41) is 0. The fourth-order valence-corrected chi connectivity index (χ4v) is 2.65. The summed E-state index contributed by atoms with van der Waals surface area (Å²) in [6.07, 6.45) is 3.09. The molecule has 2 aromatic heterocycles. The predicted octanol–water partition coefficient (Wildman–Crippen LogP) is 2.30. The molecule has 25 heavy (non-hydrogen) atoms. The Bertz CT molecular complexity index is 884. The van der Waals surface area contributed by atoms with Crippen LogP contribution in [0.4, 0.5) is 5.82 Å². The predicted molar refractivity (Wildman–Crippen MR) is 97.2 cm³/mol. The van der Waals surface area contributed by atoms with E-state index in [2.05, 4.69) is 28.8 Å². The second-order valence-electron chi connectivity index (χ2n) is 6.37. The quantitative estimate of drug-likeness (QED) is 0.771. The Balaban J connectivity index is 1.68. The summed E-state index contributed by atoms with van der Waals surface area (Å²) in [7, 11) is 1.79. The fourth-order valence-electron chi connectivity index (χ4n) is 2.65. The van der Waals surface area contributed by atoms with Crippen molar-refractivity contribution in [1.82, 2.24) is 24.4 Å². The fraction of sp³-hybridized carbons (Fsp3) is 0.333. The maximum absolute atomic E-state index is 12.6. The molecule has 0 aliphatic rings. The first-order valence-corrected chi connectivity index (χ1v) is 8.24. The molecular formula is C18H22N6O. The summed E-state index contributed by atoms with van der Waals surface area (Å²) < 4.78 is 1.87. The summed E-state index contributed by atoms with van der Waals surface area (Å²) in [5.41, 5.74) is 8.96.